The minimum atomic E-state index is -2.98. The van der Waals surface area contributed by atoms with Gasteiger partial charge in [0.1, 0.15) is 16.4 Å². The summed E-state index contributed by atoms with van der Waals surface area (Å²) < 4.78 is 36.8. The van der Waals surface area contributed by atoms with E-state index >= 15 is 0 Å². The Balaban J connectivity index is 3.31. The van der Waals surface area contributed by atoms with Crippen LogP contribution in [0.1, 0.15) is 17.7 Å². The summed E-state index contributed by atoms with van der Waals surface area (Å²) in [7, 11) is 0. The Bertz CT molecular complexity index is 373. The van der Waals surface area contributed by atoms with Crippen molar-refractivity contribution in [3.63, 3.8) is 0 Å². The molecule has 0 bridgehead atoms. The molecule has 6 heteroatoms. The predicted octanol–water partition coefficient (Wildman–Crippen LogP) is 2.79. The predicted molar refractivity (Wildman–Crippen MR) is 41.6 cm³/mol. The van der Waals surface area contributed by atoms with Crippen LogP contribution >= 0.6 is 15.9 Å². The number of halogens is 4. The summed E-state index contributed by atoms with van der Waals surface area (Å²) >= 11 is 2.78. The van der Waals surface area contributed by atoms with Crippen molar-refractivity contribution in [1.29, 1.82) is 5.26 Å². The first-order valence-corrected chi connectivity index (χ1v) is 3.89. The van der Waals surface area contributed by atoms with Crippen LogP contribution in [0.15, 0.2) is 10.7 Å². The molecule has 0 saturated heterocycles. The summed E-state index contributed by atoms with van der Waals surface area (Å²) in [4.78, 5) is 3.21. The molecule has 2 nitrogen and oxygen atoms in total. The Morgan fingerprint density at radius 1 is 1.54 bits per heavy atom. The maximum absolute atomic E-state index is 12.8. The van der Waals surface area contributed by atoms with Crippen molar-refractivity contribution in [2.75, 3.05) is 0 Å². The van der Waals surface area contributed by atoms with Crippen molar-refractivity contribution in [3.05, 3.63) is 27.7 Å². The van der Waals surface area contributed by atoms with E-state index < -0.39 is 17.9 Å². The van der Waals surface area contributed by atoms with Crippen molar-refractivity contribution in [3.8, 4) is 6.07 Å². The summed E-state index contributed by atoms with van der Waals surface area (Å²) in [6.07, 6.45) is -2.98. The lowest BCUT2D eigenvalue weighted by atomic mass is 10.2. The summed E-state index contributed by atoms with van der Waals surface area (Å²) in [5.41, 5.74) is -1.06. The first-order chi connectivity index (χ1) is 6.06. The first kappa shape index (κ1) is 9.99. The van der Waals surface area contributed by atoms with E-state index in [1.54, 1.807) is 6.07 Å². The van der Waals surface area contributed by atoms with Crippen molar-refractivity contribution < 1.29 is 13.2 Å². The zero-order chi connectivity index (χ0) is 10.0. The molecule has 0 fully saturated rings. The van der Waals surface area contributed by atoms with Crippen molar-refractivity contribution in [2.45, 2.75) is 6.43 Å². The molecule has 0 aliphatic rings. The number of aromatic nitrogens is 1. The number of nitrogens with zero attached hydrogens (tertiary/aromatic N) is 2. The van der Waals surface area contributed by atoms with Gasteiger partial charge < -0.3 is 0 Å². The highest BCUT2D eigenvalue weighted by Gasteiger charge is 2.17. The molecule has 0 spiro atoms. The zero-order valence-corrected chi connectivity index (χ0v) is 7.65. The van der Waals surface area contributed by atoms with E-state index in [4.69, 9.17) is 5.26 Å². The number of hydrogen-bond acceptors (Lipinski definition) is 2. The fourth-order valence-corrected chi connectivity index (χ4v) is 1.11. The Hall–Kier alpha value is -1.09. The number of pyridine rings is 1. The largest absolute Gasteiger partial charge is 0.283 e. The second-order valence-electron chi connectivity index (χ2n) is 2.11. The SMILES string of the molecule is N#Cc1cc(F)c(C(F)F)nc1Br. The summed E-state index contributed by atoms with van der Waals surface area (Å²) in [5.74, 6) is -1.17. The fourth-order valence-electron chi connectivity index (χ4n) is 0.711. The van der Waals surface area contributed by atoms with Crippen molar-refractivity contribution in [2.24, 2.45) is 0 Å². The lowest BCUT2D eigenvalue weighted by Crippen LogP contribution is -1.98. The maximum atomic E-state index is 12.8. The van der Waals surface area contributed by atoms with Crippen LogP contribution in [0.3, 0.4) is 0 Å². The third kappa shape index (κ3) is 1.98. The summed E-state index contributed by atoms with van der Waals surface area (Å²) in [6.45, 7) is 0. The highest BCUT2D eigenvalue weighted by atomic mass is 79.9. The number of rotatable bonds is 1. The zero-order valence-electron chi connectivity index (χ0n) is 6.06. The molecule has 0 amide bonds. The topological polar surface area (TPSA) is 36.7 Å². The van der Waals surface area contributed by atoms with Gasteiger partial charge in [-0.25, -0.2) is 18.2 Å². The molecule has 68 valence electrons. The van der Waals surface area contributed by atoms with Crippen molar-refractivity contribution >= 4 is 15.9 Å². The monoisotopic (exact) mass is 250 g/mol. The molecule has 1 aromatic heterocycles. The molecule has 13 heavy (non-hydrogen) atoms. The summed E-state index contributed by atoms with van der Waals surface area (Å²) in [6, 6.07) is 2.33. The van der Waals surface area contributed by atoms with Crippen LogP contribution in [0, 0.1) is 17.1 Å². The van der Waals surface area contributed by atoms with E-state index in [1.807, 2.05) is 0 Å². The van der Waals surface area contributed by atoms with Crippen LogP contribution in [-0.4, -0.2) is 4.98 Å². The average Bonchev–Trinajstić information content (AvgIpc) is 2.07. The molecule has 0 radical (unpaired) electrons. The van der Waals surface area contributed by atoms with Crippen LogP contribution in [0.4, 0.5) is 13.2 Å². The second-order valence-corrected chi connectivity index (χ2v) is 2.86. The molecule has 0 N–H and O–H groups in total. The second kappa shape index (κ2) is 3.75. The molecule has 0 atom stereocenters. The van der Waals surface area contributed by atoms with Gasteiger partial charge in [0.2, 0.25) is 0 Å². The first-order valence-electron chi connectivity index (χ1n) is 3.10. The van der Waals surface area contributed by atoms with Gasteiger partial charge >= 0.3 is 0 Å². The van der Waals surface area contributed by atoms with E-state index in [2.05, 4.69) is 20.9 Å². The Morgan fingerprint density at radius 3 is 2.62 bits per heavy atom. The molecule has 1 heterocycles. The van der Waals surface area contributed by atoms with E-state index in [-0.39, 0.29) is 10.2 Å². The standard InChI is InChI=1S/C7H2BrF3N2/c8-6-3(2-12)1-4(9)5(13-6)7(10)11/h1,7H. The molecule has 0 aromatic carbocycles. The van der Waals surface area contributed by atoms with Gasteiger partial charge in [0, 0.05) is 0 Å². The van der Waals surface area contributed by atoms with Gasteiger partial charge in [0.05, 0.1) is 5.56 Å². The van der Waals surface area contributed by atoms with Crippen LogP contribution in [0.2, 0.25) is 0 Å². The van der Waals surface area contributed by atoms with Crippen LogP contribution < -0.4 is 0 Å². The van der Waals surface area contributed by atoms with Gasteiger partial charge in [-0.15, -0.1) is 0 Å². The van der Waals surface area contributed by atoms with Crippen LogP contribution in [-0.2, 0) is 0 Å². The smallest absolute Gasteiger partial charge is 0.235 e. The lowest BCUT2D eigenvalue weighted by molar-refractivity contribution is 0.140. The Kier molecular flexibility index (Phi) is 2.88. The van der Waals surface area contributed by atoms with Crippen LogP contribution in [0.5, 0.6) is 0 Å². The molecule has 0 unspecified atom stereocenters. The molecular weight excluding hydrogens is 249 g/mol. The lowest BCUT2D eigenvalue weighted by Gasteiger charge is -2.01. The number of nitriles is 1. The van der Waals surface area contributed by atoms with Gasteiger partial charge in [-0.05, 0) is 22.0 Å². The van der Waals surface area contributed by atoms with Crippen molar-refractivity contribution in [1.82, 2.24) is 4.98 Å². The minimum absolute atomic E-state index is 0.0771. The van der Waals surface area contributed by atoms with Gasteiger partial charge in [-0.1, -0.05) is 0 Å². The Morgan fingerprint density at radius 2 is 2.15 bits per heavy atom. The van der Waals surface area contributed by atoms with Gasteiger partial charge in [-0.2, -0.15) is 5.26 Å². The molecule has 1 aromatic rings. The molecule has 0 saturated carbocycles. The average molecular weight is 251 g/mol. The van der Waals surface area contributed by atoms with E-state index in [0.29, 0.717) is 0 Å². The fraction of sp³-hybridized carbons (Fsp3) is 0.143. The number of hydrogen-bond donors (Lipinski definition) is 0. The highest BCUT2D eigenvalue weighted by Crippen LogP contribution is 2.24. The Labute approximate surface area is 80.1 Å². The molecule has 0 aliphatic carbocycles. The quantitative estimate of drug-likeness (QED) is 0.719. The maximum Gasteiger partial charge on any atom is 0.283 e. The van der Waals surface area contributed by atoms with Gasteiger partial charge in [0.15, 0.2) is 5.82 Å². The molecule has 0 aliphatic heterocycles. The molecule has 1 rings (SSSR count). The van der Waals surface area contributed by atoms with E-state index in [1.165, 1.54) is 0 Å². The highest BCUT2D eigenvalue weighted by molar-refractivity contribution is 9.10. The third-order valence-electron chi connectivity index (χ3n) is 1.28. The van der Waals surface area contributed by atoms with Gasteiger partial charge in [0.25, 0.3) is 6.43 Å². The normalized spacial score (nSPS) is 10.2. The molecular formula is C7H2BrF3N2. The van der Waals surface area contributed by atoms with E-state index in [9.17, 15) is 13.2 Å². The number of alkyl halides is 2. The minimum Gasteiger partial charge on any atom is -0.235 e. The van der Waals surface area contributed by atoms with Gasteiger partial charge in [-0.3, -0.25) is 0 Å². The van der Waals surface area contributed by atoms with E-state index in [0.717, 1.165) is 6.07 Å². The summed E-state index contributed by atoms with van der Waals surface area (Å²) in [5, 5.41) is 8.40. The van der Waals surface area contributed by atoms with Crippen LogP contribution in [0.25, 0.3) is 0 Å². The third-order valence-corrected chi connectivity index (χ3v) is 1.89.